The van der Waals surface area contributed by atoms with Crippen molar-refractivity contribution in [2.75, 3.05) is 19.8 Å². The Bertz CT molecular complexity index is 1000. The summed E-state index contributed by atoms with van der Waals surface area (Å²) >= 11 is 0. The van der Waals surface area contributed by atoms with Crippen molar-refractivity contribution >= 4 is 5.91 Å². The molecule has 0 radical (unpaired) electrons. The molecule has 0 spiro atoms. The van der Waals surface area contributed by atoms with Crippen LogP contribution in [0.1, 0.15) is 40.0 Å². The number of rotatable bonds is 6. The van der Waals surface area contributed by atoms with Gasteiger partial charge in [-0.15, -0.1) is 0 Å². The maximum Gasteiger partial charge on any atom is 0.255 e. The zero-order valence-corrected chi connectivity index (χ0v) is 17.1. The molecule has 0 aliphatic carbocycles. The first-order chi connectivity index (χ1) is 14.1. The van der Waals surface area contributed by atoms with Gasteiger partial charge >= 0.3 is 0 Å². The minimum Gasteiger partial charge on any atom is -0.486 e. The van der Waals surface area contributed by atoms with Crippen LogP contribution >= 0.6 is 0 Å². The number of hydrogen-bond acceptors (Lipinski definition) is 4. The van der Waals surface area contributed by atoms with Crippen molar-refractivity contribution in [2.45, 2.75) is 33.9 Å². The standard InChI is InChI=1S/C23H26N2O4/c1-4-24(14-18-7-5-9-21-22(18)29-12-11-28-21)23(26)20-13-16(2)25(17(20)3)15-19-8-6-10-27-19/h5-10,13H,4,11-12,14-15H2,1-3H3. The summed E-state index contributed by atoms with van der Waals surface area (Å²) < 4.78 is 19.1. The molecule has 3 aromatic rings. The van der Waals surface area contributed by atoms with Crippen LogP contribution in [0.15, 0.2) is 47.1 Å². The first-order valence-corrected chi connectivity index (χ1v) is 9.94. The second-order valence-electron chi connectivity index (χ2n) is 7.21. The van der Waals surface area contributed by atoms with Gasteiger partial charge in [-0.3, -0.25) is 4.79 Å². The average Bonchev–Trinajstić information content (AvgIpc) is 3.35. The lowest BCUT2D eigenvalue weighted by molar-refractivity contribution is 0.0748. The highest BCUT2D eigenvalue weighted by atomic mass is 16.6. The van der Waals surface area contributed by atoms with Gasteiger partial charge in [0.15, 0.2) is 11.5 Å². The Labute approximate surface area is 170 Å². The predicted molar refractivity (Wildman–Crippen MR) is 110 cm³/mol. The van der Waals surface area contributed by atoms with E-state index in [9.17, 15) is 4.79 Å². The fraction of sp³-hybridized carbons (Fsp3) is 0.348. The molecule has 152 valence electrons. The number of fused-ring (bicyclic) bond motifs is 1. The third-order valence-electron chi connectivity index (χ3n) is 5.38. The summed E-state index contributed by atoms with van der Waals surface area (Å²) in [5.74, 6) is 2.37. The van der Waals surface area contributed by atoms with Crippen LogP contribution in [-0.4, -0.2) is 35.1 Å². The van der Waals surface area contributed by atoms with Gasteiger partial charge in [0, 0.05) is 30.0 Å². The molecule has 0 bridgehead atoms. The van der Waals surface area contributed by atoms with E-state index in [2.05, 4.69) is 4.57 Å². The van der Waals surface area contributed by atoms with Gasteiger partial charge in [-0.2, -0.15) is 0 Å². The van der Waals surface area contributed by atoms with Crippen LogP contribution in [0.3, 0.4) is 0 Å². The number of carbonyl (C=O) groups excluding carboxylic acids is 1. The highest BCUT2D eigenvalue weighted by Crippen LogP contribution is 2.34. The smallest absolute Gasteiger partial charge is 0.255 e. The minimum atomic E-state index is 0.0145. The van der Waals surface area contributed by atoms with Crippen LogP contribution in [0, 0.1) is 13.8 Å². The van der Waals surface area contributed by atoms with E-state index >= 15 is 0 Å². The van der Waals surface area contributed by atoms with Gasteiger partial charge in [-0.25, -0.2) is 0 Å². The van der Waals surface area contributed by atoms with E-state index in [1.54, 1.807) is 6.26 Å². The van der Waals surface area contributed by atoms with Crippen molar-refractivity contribution in [3.05, 3.63) is 70.9 Å². The van der Waals surface area contributed by atoms with E-state index in [0.29, 0.717) is 32.8 Å². The van der Waals surface area contributed by atoms with Crippen LogP contribution < -0.4 is 9.47 Å². The SMILES string of the molecule is CCN(Cc1cccc2c1OCCO2)C(=O)c1cc(C)n(Cc2ccco2)c1C. The Morgan fingerprint density at radius 1 is 1.14 bits per heavy atom. The first-order valence-electron chi connectivity index (χ1n) is 9.94. The maximum atomic E-state index is 13.4. The number of nitrogens with zero attached hydrogens (tertiary/aromatic N) is 2. The lowest BCUT2D eigenvalue weighted by Crippen LogP contribution is -2.31. The van der Waals surface area contributed by atoms with E-state index < -0.39 is 0 Å². The zero-order valence-electron chi connectivity index (χ0n) is 17.1. The molecule has 0 unspecified atom stereocenters. The molecule has 1 amide bonds. The molecule has 0 saturated heterocycles. The summed E-state index contributed by atoms with van der Waals surface area (Å²) in [4.78, 5) is 15.2. The van der Waals surface area contributed by atoms with E-state index in [4.69, 9.17) is 13.9 Å². The van der Waals surface area contributed by atoms with Crippen LogP contribution in [0.4, 0.5) is 0 Å². The molecule has 1 aliphatic heterocycles. The molecule has 0 atom stereocenters. The fourth-order valence-electron chi connectivity index (χ4n) is 3.78. The van der Waals surface area contributed by atoms with E-state index in [1.165, 1.54) is 0 Å². The number of aryl methyl sites for hydroxylation is 1. The van der Waals surface area contributed by atoms with Gasteiger partial charge in [0.1, 0.15) is 19.0 Å². The molecule has 1 aliphatic rings. The van der Waals surface area contributed by atoms with Gasteiger partial charge in [0.25, 0.3) is 5.91 Å². The fourth-order valence-corrected chi connectivity index (χ4v) is 3.78. The average molecular weight is 394 g/mol. The zero-order chi connectivity index (χ0) is 20.4. The molecule has 4 rings (SSSR count). The Morgan fingerprint density at radius 3 is 2.72 bits per heavy atom. The summed E-state index contributed by atoms with van der Waals surface area (Å²) in [5.41, 5.74) is 3.66. The molecule has 0 N–H and O–H groups in total. The Morgan fingerprint density at radius 2 is 1.97 bits per heavy atom. The molecule has 29 heavy (non-hydrogen) atoms. The number of benzene rings is 1. The van der Waals surface area contributed by atoms with E-state index in [-0.39, 0.29) is 5.91 Å². The third kappa shape index (κ3) is 3.75. The van der Waals surface area contributed by atoms with Crippen molar-refractivity contribution < 1.29 is 18.7 Å². The summed E-state index contributed by atoms with van der Waals surface area (Å²) in [6.45, 7) is 8.76. The van der Waals surface area contributed by atoms with Crippen LogP contribution in [0.2, 0.25) is 0 Å². The normalized spacial score (nSPS) is 12.8. The molecule has 2 aromatic heterocycles. The predicted octanol–water partition coefficient (Wildman–Crippen LogP) is 4.18. The first kappa shape index (κ1) is 19.2. The molecule has 1 aromatic carbocycles. The quantitative estimate of drug-likeness (QED) is 0.629. The van der Waals surface area contributed by atoms with Crippen LogP contribution in [0.25, 0.3) is 0 Å². The molecular weight excluding hydrogens is 368 g/mol. The molecule has 6 nitrogen and oxygen atoms in total. The van der Waals surface area contributed by atoms with E-state index in [0.717, 1.165) is 39.8 Å². The second-order valence-corrected chi connectivity index (χ2v) is 7.21. The number of para-hydroxylation sites is 1. The summed E-state index contributed by atoms with van der Waals surface area (Å²) in [6, 6.07) is 11.6. The Hall–Kier alpha value is -3.15. The topological polar surface area (TPSA) is 56.8 Å². The number of hydrogen-bond donors (Lipinski definition) is 0. The van der Waals surface area contributed by atoms with Crippen molar-refractivity contribution in [3.63, 3.8) is 0 Å². The van der Waals surface area contributed by atoms with Crippen molar-refractivity contribution in [1.82, 2.24) is 9.47 Å². The van der Waals surface area contributed by atoms with Crippen molar-refractivity contribution in [2.24, 2.45) is 0 Å². The summed E-state index contributed by atoms with van der Waals surface area (Å²) in [6.07, 6.45) is 1.67. The van der Waals surface area contributed by atoms with Crippen molar-refractivity contribution in [1.29, 1.82) is 0 Å². The number of furan rings is 1. The lowest BCUT2D eigenvalue weighted by Gasteiger charge is -2.25. The molecule has 6 heteroatoms. The largest absolute Gasteiger partial charge is 0.486 e. The third-order valence-corrected chi connectivity index (χ3v) is 5.38. The number of ether oxygens (including phenoxy) is 2. The molecular formula is C23H26N2O4. The van der Waals surface area contributed by atoms with Gasteiger partial charge in [-0.05, 0) is 45.0 Å². The maximum absolute atomic E-state index is 13.4. The van der Waals surface area contributed by atoms with Gasteiger partial charge in [0.05, 0.1) is 18.4 Å². The van der Waals surface area contributed by atoms with E-state index in [1.807, 2.05) is 62.1 Å². The van der Waals surface area contributed by atoms with Gasteiger partial charge in [-0.1, -0.05) is 12.1 Å². The minimum absolute atomic E-state index is 0.0145. The molecule has 3 heterocycles. The highest BCUT2D eigenvalue weighted by molar-refractivity contribution is 5.95. The van der Waals surface area contributed by atoms with Crippen molar-refractivity contribution in [3.8, 4) is 11.5 Å². The summed E-state index contributed by atoms with van der Waals surface area (Å²) in [5, 5.41) is 0. The number of amides is 1. The lowest BCUT2D eigenvalue weighted by atomic mass is 10.1. The molecule has 0 saturated carbocycles. The Kier molecular flexibility index (Phi) is 5.34. The monoisotopic (exact) mass is 394 g/mol. The number of carbonyl (C=O) groups is 1. The van der Waals surface area contributed by atoms with Crippen LogP contribution in [0.5, 0.6) is 11.5 Å². The Balaban J connectivity index is 1.58. The van der Waals surface area contributed by atoms with Gasteiger partial charge in [0.2, 0.25) is 0 Å². The highest BCUT2D eigenvalue weighted by Gasteiger charge is 2.23. The summed E-state index contributed by atoms with van der Waals surface area (Å²) in [7, 11) is 0. The second kappa shape index (κ2) is 8.07. The molecule has 0 fully saturated rings. The van der Waals surface area contributed by atoms with Crippen LogP contribution in [-0.2, 0) is 13.1 Å². The number of aromatic nitrogens is 1. The van der Waals surface area contributed by atoms with Gasteiger partial charge < -0.3 is 23.4 Å².